The van der Waals surface area contributed by atoms with Gasteiger partial charge in [0.15, 0.2) is 5.96 Å². The van der Waals surface area contributed by atoms with Crippen LogP contribution in [0, 0.1) is 13.8 Å². The van der Waals surface area contributed by atoms with Crippen LogP contribution in [0.4, 0.5) is 0 Å². The van der Waals surface area contributed by atoms with E-state index >= 15 is 0 Å². The van der Waals surface area contributed by atoms with Gasteiger partial charge < -0.3 is 10.6 Å². The van der Waals surface area contributed by atoms with Gasteiger partial charge in [0, 0.05) is 30.9 Å². The highest BCUT2D eigenvalue weighted by Crippen LogP contribution is 2.04. The lowest BCUT2D eigenvalue weighted by Crippen LogP contribution is -2.46. The minimum Gasteiger partial charge on any atom is -0.357 e. The molecule has 0 bridgehead atoms. The molecule has 0 fully saturated rings. The molecule has 0 saturated carbocycles. The highest BCUT2D eigenvalue weighted by atomic mass is 127. The van der Waals surface area contributed by atoms with Gasteiger partial charge in [-0.25, -0.2) is 13.1 Å². The minimum atomic E-state index is -3.27. The summed E-state index contributed by atoms with van der Waals surface area (Å²) in [5, 5.41) is 10.9. The fraction of sp³-hybridized carbons (Fsp3) is 0.750. The van der Waals surface area contributed by atoms with Crippen LogP contribution in [-0.4, -0.2) is 55.6 Å². The van der Waals surface area contributed by atoms with E-state index in [0.29, 0.717) is 12.5 Å². The number of hydrogen-bond acceptors (Lipinski definition) is 4. The summed E-state index contributed by atoms with van der Waals surface area (Å²) >= 11 is 0. The highest BCUT2D eigenvalue weighted by molar-refractivity contribution is 14.0. The zero-order valence-corrected chi connectivity index (χ0v) is 19.7. The Morgan fingerprint density at radius 3 is 2.46 bits per heavy atom. The minimum absolute atomic E-state index is 0. The monoisotopic (exact) mass is 500 g/mol. The van der Waals surface area contributed by atoms with Crippen LogP contribution in [0.15, 0.2) is 11.1 Å². The van der Waals surface area contributed by atoms with Gasteiger partial charge in [-0.05, 0) is 47.1 Å². The molecule has 0 unspecified atom stereocenters. The molecule has 10 heteroatoms. The van der Waals surface area contributed by atoms with Gasteiger partial charge in [-0.1, -0.05) is 0 Å². The molecular weight excluding hydrogens is 467 g/mol. The molecule has 0 amide bonds. The highest BCUT2D eigenvalue weighted by Gasteiger charge is 2.21. The van der Waals surface area contributed by atoms with Crippen molar-refractivity contribution in [2.24, 2.45) is 4.99 Å². The molecule has 0 aromatic carbocycles. The summed E-state index contributed by atoms with van der Waals surface area (Å²) in [7, 11) is -3.27. The number of nitrogens with zero attached hydrogens (tertiary/aromatic N) is 3. The maximum Gasteiger partial charge on any atom is 0.209 e. The largest absolute Gasteiger partial charge is 0.357 e. The molecule has 26 heavy (non-hydrogen) atoms. The number of hydrogen-bond donors (Lipinski definition) is 3. The zero-order valence-electron chi connectivity index (χ0n) is 16.6. The van der Waals surface area contributed by atoms with Crippen molar-refractivity contribution in [3.63, 3.8) is 0 Å². The Labute approximate surface area is 174 Å². The molecule has 0 aliphatic heterocycles. The smallest absolute Gasteiger partial charge is 0.209 e. The van der Waals surface area contributed by atoms with Gasteiger partial charge in [-0.3, -0.25) is 9.67 Å². The molecule has 0 atom stereocenters. The van der Waals surface area contributed by atoms with Crippen LogP contribution in [0.2, 0.25) is 0 Å². The Bertz CT molecular complexity index is 685. The molecule has 1 rings (SSSR count). The van der Waals surface area contributed by atoms with Crippen LogP contribution < -0.4 is 15.4 Å². The van der Waals surface area contributed by atoms with Crippen molar-refractivity contribution in [3.05, 3.63) is 17.5 Å². The lowest BCUT2D eigenvalue weighted by atomic mass is 10.1. The molecule has 1 aromatic heterocycles. The standard InChI is InChI=1S/C16H32N6O2S.HI/c1-7-17-15(19-12-16(4,5)21-25(6,23)24)18-9-8-10-22-14(3)11-13(2)20-22;/h11,21H,7-10,12H2,1-6H3,(H2,17,18,19);1H. The number of aryl methyl sites for hydroxylation is 3. The number of aromatic nitrogens is 2. The number of aliphatic imine (C=N–C) groups is 1. The van der Waals surface area contributed by atoms with E-state index in [-0.39, 0.29) is 24.0 Å². The van der Waals surface area contributed by atoms with E-state index < -0.39 is 15.6 Å². The van der Waals surface area contributed by atoms with Gasteiger partial charge in [0.05, 0.1) is 18.5 Å². The van der Waals surface area contributed by atoms with Crippen molar-refractivity contribution >= 4 is 40.0 Å². The number of guanidine groups is 1. The molecule has 3 N–H and O–H groups in total. The maximum atomic E-state index is 11.4. The van der Waals surface area contributed by atoms with Crippen molar-refractivity contribution < 1.29 is 8.42 Å². The Balaban J connectivity index is 0.00000625. The molecule has 0 aliphatic rings. The molecule has 8 nitrogen and oxygen atoms in total. The number of halogens is 1. The fourth-order valence-corrected chi connectivity index (χ4v) is 3.56. The van der Waals surface area contributed by atoms with E-state index in [4.69, 9.17) is 0 Å². The van der Waals surface area contributed by atoms with Crippen molar-refractivity contribution in [1.82, 2.24) is 25.1 Å². The third kappa shape index (κ3) is 10.3. The average Bonchev–Trinajstić information content (AvgIpc) is 2.76. The van der Waals surface area contributed by atoms with Crippen LogP contribution in [0.1, 0.15) is 38.6 Å². The van der Waals surface area contributed by atoms with E-state index in [1.54, 1.807) is 0 Å². The van der Waals surface area contributed by atoms with Crippen LogP contribution in [0.25, 0.3) is 0 Å². The molecule has 1 heterocycles. The Morgan fingerprint density at radius 1 is 1.31 bits per heavy atom. The average molecular weight is 500 g/mol. The first-order valence-electron chi connectivity index (χ1n) is 8.54. The normalized spacial score (nSPS) is 12.6. The third-order valence-corrected chi connectivity index (χ3v) is 4.30. The third-order valence-electron chi connectivity index (χ3n) is 3.38. The summed E-state index contributed by atoms with van der Waals surface area (Å²) < 4.78 is 27.4. The second-order valence-corrected chi connectivity index (χ2v) is 8.63. The topological polar surface area (TPSA) is 100 Å². The molecule has 152 valence electrons. The first kappa shape index (κ1) is 25.1. The van der Waals surface area contributed by atoms with Crippen LogP contribution in [0.5, 0.6) is 0 Å². The Kier molecular flexibility index (Phi) is 10.7. The van der Waals surface area contributed by atoms with Crippen LogP contribution >= 0.6 is 24.0 Å². The summed E-state index contributed by atoms with van der Waals surface area (Å²) in [4.78, 5) is 4.48. The van der Waals surface area contributed by atoms with E-state index in [1.807, 2.05) is 32.4 Å². The Hall–Kier alpha value is -0.880. The molecule has 0 radical (unpaired) electrons. The summed E-state index contributed by atoms with van der Waals surface area (Å²) in [6.45, 7) is 12.3. The van der Waals surface area contributed by atoms with E-state index in [0.717, 1.165) is 43.7 Å². The van der Waals surface area contributed by atoms with E-state index in [9.17, 15) is 8.42 Å². The van der Waals surface area contributed by atoms with Crippen molar-refractivity contribution in [1.29, 1.82) is 0 Å². The molecular formula is C16H33IN6O2S. The molecule has 1 aromatic rings. The Morgan fingerprint density at radius 2 is 1.96 bits per heavy atom. The van der Waals surface area contributed by atoms with Gasteiger partial charge in [-0.15, -0.1) is 24.0 Å². The first-order chi connectivity index (χ1) is 11.5. The van der Waals surface area contributed by atoms with E-state index in [2.05, 4.69) is 38.4 Å². The van der Waals surface area contributed by atoms with Gasteiger partial charge in [-0.2, -0.15) is 5.10 Å². The number of sulfonamides is 1. The summed E-state index contributed by atoms with van der Waals surface area (Å²) in [5.74, 6) is 0.680. The number of nitrogens with one attached hydrogen (secondary N) is 3. The molecule has 0 aliphatic carbocycles. The lowest BCUT2D eigenvalue weighted by molar-refractivity contribution is 0.464. The van der Waals surface area contributed by atoms with E-state index in [1.165, 1.54) is 0 Å². The predicted octanol–water partition coefficient (Wildman–Crippen LogP) is 1.39. The van der Waals surface area contributed by atoms with Gasteiger partial charge in [0.25, 0.3) is 0 Å². The lowest BCUT2D eigenvalue weighted by Gasteiger charge is -2.23. The first-order valence-corrected chi connectivity index (χ1v) is 10.4. The van der Waals surface area contributed by atoms with Gasteiger partial charge in [0.1, 0.15) is 0 Å². The molecule has 0 spiro atoms. The number of rotatable bonds is 9. The second-order valence-electron chi connectivity index (χ2n) is 6.88. The summed E-state index contributed by atoms with van der Waals surface area (Å²) in [5.41, 5.74) is 1.55. The van der Waals surface area contributed by atoms with Crippen molar-refractivity contribution in [2.45, 2.75) is 53.1 Å². The molecule has 0 saturated heterocycles. The summed E-state index contributed by atoms with van der Waals surface area (Å²) in [6, 6.07) is 2.07. The van der Waals surface area contributed by atoms with Gasteiger partial charge >= 0.3 is 0 Å². The fourth-order valence-electron chi connectivity index (χ4n) is 2.49. The maximum absolute atomic E-state index is 11.4. The summed E-state index contributed by atoms with van der Waals surface area (Å²) in [6.07, 6.45) is 2.07. The quantitative estimate of drug-likeness (QED) is 0.206. The predicted molar refractivity (Wildman–Crippen MR) is 118 cm³/mol. The van der Waals surface area contributed by atoms with Gasteiger partial charge in [0.2, 0.25) is 10.0 Å². The van der Waals surface area contributed by atoms with Crippen molar-refractivity contribution in [2.75, 3.05) is 25.9 Å². The van der Waals surface area contributed by atoms with Crippen molar-refractivity contribution in [3.8, 4) is 0 Å². The zero-order chi connectivity index (χ0) is 19.1. The second kappa shape index (κ2) is 11.1. The SMILES string of the molecule is CCNC(=NCC(C)(C)NS(C)(=O)=O)NCCCn1nc(C)cc1C.I. The van der Waals surface area contributed by atoms with Crippen LogP contribution in [-0.2, 0) is 16.6 Å². The van der Waals surface area contributed by atoms with Crippen LogP contribution in [0.3, 0.4) is 0 Å².